The van der Waals surface area contributed by atoms with Crippen LogP contribution < -0.4 is 0 Å². The Morgan fingerprint density at radius 3 is 2.31 bits per heavy atom. The third-order valence-corrected chi connectivity index (χ3v) is 7.18. The average molecular weight is 373 g/mol. The minimum absolute atomic E-state index is 0.169. The molecule has 16 heavy (non-hydrogen) atoms. The van der Waals surface area contributed by atoms with Crippen molar-refractivity contribution in [2.45, 2.75) is 9.14 Å². The largest absolute Gasteiger partial charge is 0.290 e. The molecule has 1 aromatic carbocycles. The molecule has 0 fully saturated rings. The second-order valence-corrected chi connectivity index (χ2v) is 9.31. The van der Waals surface area contributed by atoms with Gasteiger partial charge in [-0.3, -0.25) is 4.79 Å². The van der Waals surface area contributed by atoms with Gasteiger partial charge in [-0.1, -0.05) is 48.9 Å². The van der Waals surface area contributed by atoms with Crippen LogP contribution in [0.1, 0.15) is 17.3 Å². The van der Waals surface area contributed by atoms with Gasteiger partial charge in [0.15, 0.2) is 9.84 Å². The van der Waals surface area contributed by atoms with Gasteiger partial charge in [0.05, 0.1) is 5.75 Å². The Morgan fingerprint density at radius 1 is 1.38 bits per heavy atom. The van der Waals surface area contributed by atoms with E-state index in [-0.39, 0.29) is 5.75 Å². The summed E-state index contributed by atoms with van der Waals surface area (Å²) in [6.45, 7) is 1.46. The molecule has 1 atom stereocenters. The van der Waals surface area contributed by atoms with Gasteiger partial charge in [0, 0.05) is 5.56 Å². The van der Waals surface area contributed by atoms with E-state index in [1.165, 1.54) is 29.5 Å². The molecule has 6 heteroatoms. The second kappa shape index (κ2) is 5.01. The van der Waals surface area contributed by atoms with Crippen molar-refractivity contribution in [3.63, 3.8) is 0 Å². The maximum Gasteiger partial charge on any atom is 0.257 e. The van der Waals surface area contributed by atoms with Crippen LogP contribution in [0.5, 0.6) is 0 Å². The van der Waals surface area contributed by atoms with Crippen LogP contribution in [0.15, 0.2) is 30.3 Å². The van der Waals surface area contributed by atoms with Crippen molar-refractivity contribution in [2.24, 2.45) is 0 Å². The van der Waals surface area contributed by atoms with Crippen LogP contribution in [-0.2, 0) is 9.84 Å². The molecule has 3 nitrogen and oxygen atoms in total. The number of hydrogen-bond donors (Lipinski definition) is 0. The summed E-state index contributed by atoms with van der Waals surface area (Å²) in [7, 11) is -3.64. The van der Waals surface area contributed by atoms with Gasteiger partial charge in [0.1, 0.15) is 0 Å². The van der Waals surface area contributed by atoms with Crippen LogP contribution >= 0.6 is 34.2 Å². The molecule has 0 saturated heterocycles. The standard InChI is InChI=1S/C10H10ClIO3S/c1-2-16(14,15)10(11,12)9(13)8-6-4-3-5-7-8/h3-7H,2H2,1H3/t10-/m0/s1. The van der Waals surface area contributed by atoms with Gasteiger partial charge in [-0.05, 0) is 22.6 Å². The summed E-state index contributed by atoms with van der Waals surface area (Å²) in [5.74, 6) is -0.768. The molecule has 1 rings (SSSR count). The van der Waals surface area contributed by atoms with Gasteiger partial charge in [-0.2, -0.15) is 0 Å². The number of halogens is 2. The van der Waals surface area contributed by atoms with E-state index < -0.39 is 17.8 Å². The molecule has 0 radical (unpaired) electrons. The molecule has 88 valence electrons. The first-order chi connectivity index (χ1) is 7.33. The average Bonchev–Trinajstić information content (AvgIpc) is 2.29. The first kappa shape index (κ1) is 13.9. The molecule has 0 amide bonds. The summed E-state index contributed by atoms with van der Waals surface area (Å²) >= 11 is 7.34. The van der Waals surface area contributed by atoms with Crippen molar-refractivity contribution in [3.8, 4) is 0 Å². The number of Topliss-reactive ketones (excluding diaryl/α,β-unsaturated/α-hetero) is 1. The first-order valence-corrected chi connectivity index (χ1v) is 7.63. The Balaban J connectivity index is 3.17. The zero-order valence-corrected chi connectivity index (χ0v) is 12.2. The predicted octanol–water partition coefficient (Wildman–Crippen LogP) is 2.63. The van der Waals surface area contributed by atoms with Crippen LogP contribution in [0.25, 0.3) is 0 Å². The monoisotopic (exact) mass is 372 g/mol. The van der Waals surface area contributed by atoms with E-state index in [0.29, 0.717) is 5.56 Å². The fourth-order valence-electron chi connectivity index (χ4n) is 1.08. The molecular weight excluding hydrogens is 363 g/mol. The molecule has 0 heterocycles. The quantitative estimate of drug-likeness (QED) is 0.464. The molecule has 0 aliphatic carbocycles. The van der Waals surface area contributed by atoms with Crippen molar-refractivity contribution in [3.05, 3.63) is 35.9 Å². The van der Waals surface area contributed by atoms with Gasteiger partial charge in [-0.25, -0.2) is 8.42 Å². The Labute approximate surface area is 113 Å². The first-order valence-electron chi connectivity index (χ1n) is 4.53. The molecule has 0 unspecified atom stereocenters. The molecule has 0 spiro atoms. The smallest absolute Gasteiger partial charge is 0.257 e. The van der Waals surface area contributed by atoms with E-state index in [9.17, 15) is 13.2 Å². The third kappa shape index (κ3) is 2.57. The fourth-order valence-corrected chi connectivity index (χ4v) is 3.53. The van der Waals surface area contributed by atoms with Crippen LogP contribution in [0.2, 0.25) is 0 Å². The highest BCUT2D eigenvalue weighted by atomic mass is 127. The van der Waals surface area contributed by atoms with E-state index >= 15 is 0 Å². The second-order valence-electron chi connectivity index (χ2n) is 3.12. The minimum Gasteiger partial charge on any atom is -0.290 e. The number of rotatable bonds is 4. The number of carbonyl (C=O) groups excluding carboxylic acids is 1. The van der Waals surface area contributed by atoms with Crippen LogP contribution in [-0.4, -0.2) is 22.2 Å². The Morgan fingerprint density at radius 2 is 1.88 bits per heavy atom. The molecular formula is C10H10ClIO3S. The van der Waals surface area contributed by atoms with Crippen LogP contribution in [0.4, 0.5) is 0 Å². The van der Waals surface area contributed by atoms with Gasteiger partial charge in [0.2, 0.25) is 5.78 Å². The van der Waals surface area contributed by atoms with Gasteiger partial charge >= 0.3 is 0 Å². The summed E-state index contributed by atoms with van der Waals surface area (Å²) in [4.78, 5) is 12.0. The van der Waals surface area contributed by atoms with E-state index in [1.807, 2.05) is 0 Å². The van der Waals surface area contributed by atoms with Crippen molar-refractivity contribution in [1.29, 1.82) is 0 Å². The van der Waals surface area contributed by atoms with Crippen molar-refractivity contribution in [1.82, 2.24) is 0 Å². The van der Waals surface area contributed by atoms with E-state index in [0.717, 1.165) is 0 Å². The van der Waals surface area contributed by atoms with Crippen molar-refractivity contribution >= 4 is 49.8 Å². The highest BCUT2D eigenvalue weighted by Crippen LogP contribution is 2.35. The van der Waals surface area contributed by atoms with Crippen molar-refractivity contribution < 1.29 is 13.2 Å². The highest BCUT2D eigenvalue weighted by molar-refractivity contribution is 14.1. The summed E-state index contributed by atoms with van der Waals surface area (Å²) in [6, 6.07) is 8.16. The van der Waals surface area contributed by atoms with E-state index in [2.05, 4.69) is 0 Å². The number of hydrogen-bond acceptors (Lipinski definition) is 3. The molecule has 0 aliphatic heterocycles. The SMILES string of the molecule is CCS(=O)(=O)[C@@](Cl)(I)C(=O)c1ccccc1. The van der Waals surface area contributed by atoms with Crippen LogP contribution in [0.3, 0.4) is 0 Å². The lowest BCUT2D eigenvalue weighted by Gasteiger charge is -2.18. The fraction of sp³-hybridized carbons (Fsp3) is 0.300. The topological polar surface area (TPSA) is 51.2 Å². The zero-order chi connectivity index (χ0) is 12.4. The highest BCUT2D eigenvalue weighted by Gasteiger charge is 2.45. The van der Waals surface area contributed by atoms with Crippen molar-refractivity contribution in [2.75, 3.05) is 5.75 Å². The molecule has 0 N–H and O–H groups in total. The van der Waals surface area contributed by atoms with Crippen LogP contribution in [0, 0.1) is 0 Å². The third-order valence-electron chi connectivity index (χ3n) is 2.07. The molecule has 0 bridgehead atoms. The molecule has 1 aromatic rings. The maximum absolute atomic E-state index is 12.0. The summed E-state index contributed by atoms with van der Waals surface area (Å²) < 4.78 is 21.4. The molecule has 0 aromatic heterocycles. The molecule has 0 aliphatic rings. The Hall–Kier alpha value is -0.140. The Kier molecular flexibility index (Phi) is 4.36. The minimum atomic E-state index is -3.64. The molecule has 0 saturated carbocycles. The van der Waals surface area contributed by atoms with Gasteiger partial charge < -0.3 is 0 Å². The Bertz CT molecular complexity index is 482. The predicted molar refractivity (Wildman–Crippen MR) is 72.8 cm³/mol. The number of carbonyl (C=O) groups is 1. The number of ketones is 1. The number of alkyl halides is 2. The van der Waals surface area contributed by atoms with E-state index in [1.54, 1.807) is 30.3 Å². The lowest BCUT2D eigenvalue weighted by molar-refractivity contribution is 0.100. The van der Waals surface area contributed by atoms with Gasteiger partial charge in [-0.15, -0.1) is 0 Å². The normalized spacial score (nSPS) is 15.4. The maximum atomic E-state index is 12.0. The number of sulfone groups is 1. The van der Waals surface area contributed by atoms with E-state index in [4.69, 9.17) is 11.6 Å². The number of benzene rings is 1. The summed E-state index contributed by atoms with van der Waals surface area (Å²) in [6.07, 6.45) is 0. The summed E-state index contributed by atoms with van der Waals surface area (Å²) in [5, 5.41) is 0. The lowest BCUT2D eigenvalue weighted by Crippen LogP contribution is -2.36. The van der Waals surface area contributed by atoms with Gasteiger partial charge in [0.25, 0.3) is 2.21 Å². The lowest BCUT2D eigenvalue weighted by atomic mass is 10.1. The zero-order valence-electron chi connectivity index (χ0n) is 8.48. The summed E-state index contributed by atoms with van der Waals surface area (Å²) in [5.41, 5.74) is 0.295.